The maximum atomic E-state index is 11.9. The van der Waals surface area contributed by atoms with Gasteiger partial charge in [0.15, 0.2) is 5.82 Å². The molecule has 9 heteroatoms. The number of hydrogen-bond donors (Lipinski definition) is 2. The van der Waals surface area contributed by atoms with Crippen LogP contribution < -0.4 is 11.1 Å². The molecule has 2 heterocycles. The van der Waals surface area contributed by atoms with Gasteiger partial charge in [-0.3, -0.25) is 0 Å². The molecule has 0 atom stereocenters. The number of anilines is 2. The summed E-state index contributed by atoms with van der Waals surface area (Å²) in [4.78, 5) is 16.0. The number of aromatic nitrogens is 2. The van der Waals surface area contributed by atoms with E-state index in [1.54, 1.807) is 6.92 Å². The summed E-state index contributed by atoms with van der Waals surface area (Å²) in [5, 5.41) is 16.0. The highest BCUT2D eigenvalue weighted by Crippen LogP contribution is 2.35. The minimum Gasteiger partial charge on any atom is -0.462 e. The molecule has 20 heavy (non-hydrogen) atoms. The normalized spacial score (nSPS) is 10.0. The van der Waals surface area contributed by atoms with Crippen LogP contribution in [0.4, 0.5) is 10.7 Å². The predicted octanol–water partition coefficient (Wildman–Crippen LogP) is 1.37. The lowest BCUT2D eigenvalue weighted by molar-refractivity contribution is 0.0529. The number of carbonyl (C=O) groups is 1. The highest BCUT2D eigenvalue weighted by molar-refractivity contribution is 7.17. The maximum Gasteiger partial charge on any atom is 0.343 e. The van der Waals surface area contributed by atoms with Crippen LogP contribution in [0, 0.1) is 11.3 Å². The number of rotatable bonds is 5. The summed E-state index contributed by atoms with van der Waals surface area (Å²) in [6, 6.07) is 1.94. The zero-order valence-electron chi connectivity index (χ0n) is 10.5. The van der Waals surface area contributed by atoms with Gasteiger partial charge in [-0.2, -0.15) is 10.2 Å². The topological polar surface area (TPSA) is 127 Å². The van der Waals surface area contributed by atoms with Crippen LogP contribution in [-0.4, -0.2) is 22.7 Å². The Morgan fingerprint density at radius 1 is 1.70 bits per heavy atom. The third-order valence-electron chi connectivity index (χ3n) is 2.34. The summed E-state index contributed by atoms with van der Waals surface area (Å²) in [7, 11) is 0. The van der Waals surface area contributed by atoms with Crippen molar-refractivity contribution in [3.8, 4) is 6.07 Å². The van der Waals surface area contributed by atoms with Crippen LogP contribution >= 0.6 is 11.3 Å². The molecule has 0 spiro atoms. The molecule has 0 saturated carbocycles. The molecule has 0 aliphatic heterocycles. The summed E-state index contributed by atoms with van der Waals surface area (Å²) >= 11 is 1.08. The number of nitriles is 1. The average molecular weight is 293 g/mol. The molecule has 0 saturated heterocycles. The van der Waals surface area contributed by atoms with E-state index in [1.165, 1.54) is 6.39 Å². The van der Waals surface area contributed by atoms with Gasteiger partial charge in [0.1, 0.15) is 21.5 Å². The fourth-order valence-corrected chi connectivity index (χ4v) is 2.39. The highest BCUT2D eigenvalue weighted by Gasteiger charge is 2.23. The summed E-state index contributed by atoms with van der Waals surface area (Å²) < 4.78 is 9.54. The van der Waals surface area contributed by atoms with Crippen molar-refractivity contribution in [3.05, 3.63) is 22.7 Å². The lowest BCUT2D eigenvalue weighted by atomic mass is 10.2. The number of carbonyl (C=O) groups excluding carboxylic acids is 1. The van der Waals surface area contributed by atoms with Crippen molar-refractivity contribution >= 4 is 28.0 Å². The molecule has 0 radical (unpaired) electrons. The van der Waals surface area contributed by atoms with E-state index in [9.17, 15) is 4.79 Å². The quantitative estimate of drug-likeness (QED) is 0.791. The monoisotopic (exact) mass is 293 g/mol. The molecule has 0 unspecified atom stereocenters. The van der Waals surface area contributed by atoms with Gasteiger partial charge < -0.3 is 20.3 Å². The molecule has 0 aliphatic carbocycles. The molecule has 2 aromatic rings. The van der Waals surface area contributed by atoms with E-state index in [0.29, 0.717) is 10.8 Å². The zero-order valence-corrected chi connectivity index (χ0v) is 11.4. The van der Waals surface area contributed by atoms with Crippen molar-refractivity contribution in [2.75, 3.05) is 17.7 Å². The Bertz CT molecular complexity index is 644. The molecule has 0 amide bonds. The van der Waals surface area contributed by atoms with Gasteiger partial charge in [0.25, 0.3) is 0 Å². The Labute approximate surface area is 118 Å². The van der Waals surface area contributed by atoms with Gasteiger partial charge in [0.05, 0.1) is 18.8 Å². The van der Waals surface area contributed by atoms with Gasteiger partial charge in [0.2, 0.25) is 6.39 Å². The first kappa shape index (κ1) is 13.8. The molecule has 8 nitrogen and oxygen atoms in total. The first-order valence-electron chi connectivity index (χ1n) is 5.66. The highest BCUT2D eigenvalue weighted by atomic mass is 32.1. The molecule has 3 N–H and O–H groups in total. The van der Waals surface area contributed by atoms with Gasteiger partial charge in [-0.25, -0.2) is 4.79 Å². The molecule has 0 aliphatic rings. The largest absolute Gasteiger partial charge is 0.462 e. The van der Waals surface area contributed by atoms with Crippen LogP contribution in [0.5, 0.6) is 0 Å². The summed E-state index contributed by atoms with van der Waals surface area (Å²) in [5.74, 6) is -0.149. The SMILES string of the molecule is CCOC(=O)c1c(NCc2ncon2)sc(C#N)c1N. The van der Waals surface area contributed by atoms with Crippen molar-refractivity contribution in [3.63, 3.8) is 0 Å². The Kier molecular flexibility index (Phi) is 4.17. The Balaban J connectivity index is 2.26. The van der Waals surface area contributed by atoms with Crippen LogP contribution in [0.3, 0.4) is 0 Å². The number of nitrogens with two attached hydrogens (primary N) is 1. The molecule has 2 rings (SSSR count). The van der Waals surface area contributed by atoms with E-state index < -0.39 is 5.97 Å². The lowest BCUT2D eigenvalue weighted by Crippen LogP contribution is -2.10. The van der Waals surface area contributed by atoms with Crippen LogP contribution in [0.15, 0.2) is 10.9 Å². The molecule has 104 valence electrons. The van der Waals surface area contributed by atoms with E-state index >= 15 is 0 Å². The Morgan fingerprint density at radius 3 is 3.10 bits per heavy atom. The van der Waals surface area contributed by atoms with E-state index in [-0.39, 0.29) is 29.3 Å². The van der Waals surface area contributed by atoms with E-state index in [0.717, 1.165) is 11.3 Å². The number of nitrogens with one attached hydrogen (secondary N) is 1. The predicted molar refractivity (Wildman–Crippen MR) is 71.0 cm³/mol. The number of nitrogen functional groups attached to an aromatic ring is 1. The summed E-state index contributed by atoms with van der Waals surface area (Å²) in [6.07, 6.45) is 1.20. The average Bonchev–Trinajstić information content (AvgIpc) is 3.04. The Hall–Kier alpha value is -2.60. The van der Waals surface area contributed by atoms with Crippen molar-refractivity contribution in [1.29, 1.82) is 5.26 Å². The second-order valence-electron chi connectivity index (χ2n) is 3.58. The van der Waals surface area contributed by atoms with E-state index in [2.05, 4.69) is 20.0 Å². The minimum atomic E-state index is -0.571. The Morgan fingerprint density at radius 2 is 2.50 bits per heavy atom. The van der Waals surface area contributed by atoms with Gasteiger partial charge in [-0.05, 0) is 6.92 Å². The molecular formula is C11H11N5O3S. The smallest absolute Gasteiger partial charge is 0.343 e. The maximum absolute atomic E-state index is 11.9. The van der Waals surface area contributed by atoms with Gasteiger partial charge in [-0.1, -0.05) is 5.16 Å². The van der Waals surface area contributed by atoms with Crippen LogP contribution in [0.1, 0.15) is 28.0 Å². The van der Waals surface area contributed by atoms with Crippen molar-refractivity contribution in [2.24, 2.45) is 0 Å². The molecular weight excluding hydrogens is 282 g/mol. The van der Waals surface area contributed by atoms with Crippen LogP contribution in [0.25, 0.3) is 0 Å². The van der Waals surface area contributed by atoms with Crippen molar-refractivity contribution < 1.29 is 14.1 Å². The fraction of sp³-hybridized carbons (Fsp3) is 0.273. The van der Waals surface area contributed by atoms with Gasteiger partial charge in [-0.15, -0.1) is 11.3 Å². The molecule has 0 bridgehead atoms. The summed E-state index contributed by atoms with van der Waals surface area (Å²) in [6.45, 7) is 2.16. The molecule has 0 aromatic carbocycles. The van der Waals surface area contributed by atoms with Gasteiger partial charge >= 0.3 is 5.97 Å². The van der Waals surface area contributed by atoms with Crippen LogP contribution in [0.2, 0.25) is 0 Å². The molecule has 2 aromatic heterocycles. The van der Waals surface area contributed by atoms with E-state index in [1.807, 2.05) is 6.07 Å². The third kappa shape index (κ3) is 2.70. The van der Waals surface area contributed by atoms with Gasteiger partial charge in [0, 0.05) is 0 Å². The first-order chi connectivity index (χ1) is 9.67. The lowest BCUT2D eigenvalue weighted by Gasteiger charge is -2.05. The summed E-state index contributed by atoms with van der Waals surface area (Å²) in [5.41, 5.74) is 6.07. The van der Waals surface area contributed by atoms with E-state index in [4.69, 9.17) is 15.7 Å². The second kappa shape index (κ2) is 6.03. The zero-order chi connectivity index (χ0) is 14.5. The number of hydrogen-bond acceptors (Lipinski definition) is 9. The number of nitrogens with zero attached hydrogens (tertiary/aromatic N) is 3. The minimum absolute atomic E-state index is 0.117. The van der Waals surface area contributed by atoms with Crippen molar-refractivity contribution in [1.82, 2.24) is 10.1 Å². The molecule has 0 fully saturated rings. The number of ether oxygens (including phenoxy) is 1. The number of thiophene rings is 1. The number of esters is 1. The van der Waals surface area contributed by atoms with Crippen LogP contribution in [-0.2, 0) is 11.3 Å². The standard InChI is InChI=1S/C11H11N5O3S/c1-2-18-11(17)8-9(13)6(3-12)20-10(8)14-4-7-15-5-19-16-7/h5,14H,2,4,13H2,1H3. The third-order valence-corrected chi connectivity index (χ3v) is 3.41. The first-order valence-corrected chi connectivity index (χ1v) is 6.47. The fourth-order valence-electron chi connectivity index (χ4n) is 1.49. The van der Waals surface area contributed by atoms with Crippen molar-refractivity contribution in [2.45, 2.75) is 13.5 Å². The second-order valence-corrected chi connectivity index (χ2v) is 4.60.